The Morgan fingerprint density at radius 1 is 1.53 bits per heavy atom. The van der Waals surface area contributed by atoms with E-state index in [1.807, 2.05) is 12.1 Å². The average Bonchev–Trinajstić information content (AvgIpc) is 2.22. The number of rotatable bonds is 5. The molecule has 4 heteroatoms. The summed E-state index contributed by atoms with van der Waals surface area (Å²) in [7, 11) is 0. The van der Waals surface area contributed by atoms with Crippen LogP contribution in [-0.2, 0) is 0 Å². The van der Waals surface area contributed by atoms with Crippen LogP contribution in [0.25, 0.3) is 0 Å². The number of hydrogen-bond acceptors (Lipinski definition) is 3. The fraction of sp³-hybridized carbons (Fsp3) is 0.455. The van der Waals surface area contributed by atoms with Gasteiger partial charge in [-0.15, -0.1) is 0 Å². The van der Waals surface area contributed by atoms with Gasteiger partial charge in [-0.1, -0.05) is 13.0 Å². The molecule has 0 heterocycles. The van der Waals surface area contributed by atoms with Crippen molar-refractivity contribution in [3.05, 3.63) is 28.2 Å². The molecule has 0 saturated heterocycles. The second kappa shape index (κ2) is 6.10. The average molecular weight is 273 g/mol. The van der Waals surface area contributed by atoms with Crippen molar-refractivity contribution in [2.24, 2.45) is 0 Å². The molecular formula is C11H17BrN2O. The molecule has 0 aliphatic rings. The smallest absolute Gasteiger partial charge is 0.0914 e. The van der Waals surface area contributed by atoms with Crippen LogP contribution in [0.5, 0.6) is 0 Å². The van der Waals surface area contributed by atoms with Crippen molar-refractivity contribution in [3.63, 3.8) is 0 Å². The minimum Gasteiger partial charge on any atom is -0.398 e. The van der Waals surface area contributed by atoms with E-state index in [0.29, 0.717) is 12.2 Å². The fourth-order valence-electron chi connectivity index (χ4n) is 1.28. The maximum atomic E-state index is 9.84. The molecule has 0 aliphatic heterocycles. The van der Waals surface area contributed by atoms with E-state index in [9.17, 15) is 5.11 Å². The molecule has 0 amide bonds. The summed E-state index contributed by atoms with van der Waals surface area (Å²) in [4.78, 5) is 0. The molecule has 4 N–H and O–H groups in total. The summed E-state index contributed by atoms with van der Waals surface area (Å²) in [5.74, 6) is 0. The molecule has 0 spiro atoms. The number of aliphatic hydroxyl groups is 1. The highest BCUT2D eigenvalue weighted by Crippen LogP contribution is 2.23. The number of nitrogen functional groups attached to an aromatic ring is 1. The monoisotopic (exact) mass is 272 g/mol. The zero-order chi connectivity index (χ0) is 11.3. The second-order valence-electron chi connectivity index (χ2n) is 3.50. The number of benzene rings is 1. The molecular weight excluding hydrogens is 256 g/mol. The molecule has 84 valence electrons. The molecule has 1 aromatic carbocycles. The molecule has 3 nitrogen and oxygen atoms in total. The van der Waals surface area contributed by atoms with Gasteiger partial charge in [-0.05, 0) is 46.6 Å². The number of aliphatic hydroxyl groups excluding tert-OH is 1. The lowest BCUT2D eigenvalue weighted by molar-refractivity contribution is 0.175. The number of nitrogens with two attached hydrogens (primary N) is 1. The molecule has 15 heavy (non-hydrogen) atoms. The van der Waals surface area contributed by atoms with E-state index in [4.69, 9.17) is 5.73 Å². The molecule has 0 radical (unpaired) electrons. The SMILES string of the molecule is CCCNCC(O)c1ccc(N)c(Br)c1. The summed E-state index contributed by atoms with van der Waals surface area (Å²) in [6, 6.07) is 5.49. The van der Waals surface area contributed by atoms with Gasteiger partial charge in [0.15, 0.2) is 0 Å². The number of halogens is 1. The van der Waals surface area contributed by atoms with Crippen LogP contribution in [0.3, 0.4) is 0 Å². The van der Waals surface area contributed by atoms with Crippen molar-refractivity contribution in [2.45, 2.75) is 19.4 Å². The molecule has 1 rings (SSSR count). The van der Waals surface area contributed by atoms with E-state index in [1.54, 1.807) is 6.07 Å². The maximum Gasteiger partial charge on any atom is 0.0914 e. The quantitative estimate of drug-likeness (QED) is 0.568. The molecule has 1 atom stereocenters. The third kappa shape index (κ3) is 3.81. The lowest BCUT2D eigenvalue weighted by atomic mass is 10.1. The molecule has 0 bridgehead atoms. The Hall–Kier alpha value is -0.580. The zero-order valence-corrected chi connectivity index (χ0v) is 10.4. The standard InChI is InChI=1S/C11H17BrN2O/c1-2-5-14-7-11(15)8-3-4-10(13)9(12)6-8/h3-4,6,11,14-15H,2,5,7,13H2,1H3. The van der Waals surface area contributed by atoms with Gasteiger partial charge >= 0.3 is 0 Å². The van der Waals surface area contributed by atoms with E-state index in [0.717, 1.165) is 23.0 Å². The number of hydrogen-bond donors (Lipinski definition) is 3. The number of anilines is 1. The summed E-state index contributed by atoms with van der Waals surface area (Å²) in [5.41, 5.74) is 7.23. The van der Waals surface area contributed by atoms with Crippen LogP contribution < -0.4 is 11.1 Å². The second-order valence-corrected chi connectivity index (χ2v) is 4.36. The van der Waals surface area contributed by atoms with Gasteiger partial charge in [0.25, 0.3) is 0 Å². The maximum absolute atomic E-state index is 9.84. The third-order valence-corrected chi connectivity index (χ3v) is 2.86. The first kappa shape index (κ1) is 12.5. The lowest BCUT2D eigenvalue weighted by Gasteiger charge is -2.12. The van der Waals surface area contributed by atoms with Gasteiger partial charge in [0, 0.05) is 16.7 Å². The van der Waals surface area contributed by atoms with Crippen LogP contribution in [-0.4, -0.2) is 18.2 Å². The molecule has 1 aromatic rings. The third-order valence-electron chi connectivity index (χ3n) is 2.17. The lowest BCUT2D eigenvalue weighted by Crippen LogP contribution is -2.22. The number of nitrogens with one attached hydrogen (secondary N) is 1. The normalized spacial score (nSPS) is 12.7. The van der Waals surface area contributed by atoms with Crippen molar-refractivity contribution in [1.82, 2.24) is 5.32 Å². The van der Waals surface area contributed by atoms with Gasteiger partial charge in [-0.25, -0.2) is 0 Å². The summed E-state index contributed by atoms with van der Waals surface area (Å²) in [5, 5.41) is 13.0. The van der Waals surface area contributed by atoms with E-state index >= 15 is 0 Å². The summed E-state index contributed by atoms with van der Waals surface area (Å²) in [6.45, 7) is 3.59. The zero-order valence-electron chi connectivity index (χ0n) is 8.83. The first-order valence-electron chi connectivity index (χ1n) is 5.09. The predicted octanol–water partition coefficient (Wildman–Crippen LogP) is 2.06. The first-order chi connectivity index (χ1) is 7.15. The largest absolute Gasteiger partial charge is 0.398 e. The van der Waals surface area contributed by atoms with Gasteiger partial charge in [-0.3, -0.25) is 0 Å². The van der Waals surface area contributed by atoms with Crippen LogP contribution in [0.4, 0.5) is 5.69 Å². The molecule has 0 saturated carbocycles. The molecule has 0 aliphatic carbocycles. The highest BCUT2D eigenvalue weighted by atomic mass is 79.9. The van der Waals surface area contributed by atoms with Crippen molar-refractivity contribution < 1.29 is 5.11 Å². The van der Waals surface area contributed by atoms with Crippen molar-refractivity contribution in [2.75, 3.05) is 18.8 Å². The Morgan fingerprint density at radius 3 is 2.87 bits per heavy atom. The van der Waals surface area contributed by atoms with Gasteiger partial charge in [-0.2, -0.15) is 0 Å². The molecule has 0 fully saturated rings. The Labute approximate surface area is 98.8 Å². The molecule has 1 unspecified atom stereocenters. The van der Waals surface area contributed by atoms with Crippen LogP contribution in [0.15, 0.2) is 22.7 Å². The van der Waals surface area contributed by atoms with Gasteiger partial charge < -0.3 is 16.2 Å². The minimum atomic E-state index is -0.478. The van der Waals surface area contributed by atoms with E-state index < -0.39 is 6.10 Å². The Bertz CT molecular complexity index is 317. The highest BCUT2D eigenvalue weighted by molar-refractivity contribution is 9.10. The van der Waals surface area contributed by atoms with E-state index in [2.05, 4.69) is 28.2 Å². The minimum absolute atomic E-state index is 0.478. The highest BCUT2D eigenvalue weighted by Gasteiger charge is 2.07. The summed E-state index contributed by atoms with van der Waals surface area (Å²) in [6.07, 6.45) is 0.589. The van der Waals surface area contributed by atoms with Crippen molar-refractivity contribution in [1.29, 1.82) is 0 Å². The summed E-state index contributed by atoms with van der Waals surface area (Å²) < 4.78 is 0.828. The van der Waals surface area contributed by atoms with Gasteiger partial charge in [0.1, 0.15) is 0 Å². The Balaban J connectivity index is 2.57. The van der Waals surface area contributed by atoms with Crippen LogP contribution in [0.2, 0.25) is 0 Å². The van der Waals surface area contributed by atoms with E-state index in [1.165, 1.54) is 0 Å². The van der Waals surface area contributed by atoms with Crippen LogP contribution >= 0.6 is 15.9 Å². The van der Waals surface area contributed by atoms with Crippen LogP contribution in [0, 0.1) is 0 Å². The van der Waals surface area contributed by atoms with Crippen molar-refractivity contribution >= 4 is 21.6 Å². The Kier molecular flexibility index (Phi) is 5.08. The van der Waals surface area contributed by atoms with Gasteiger partial charge in [0.2, 0.25) is 0 Å². The Morgan fingerprint density at radius 2 is 2.27 bits per heavy atom. The molecule has 0 aromatic heterocycles. The first-order valence-corrected chi connectivity index (χ1v) is 5.88. The topological polar surface area (TPSA) is 58.3 Å². The fourth-order valence-corrected chi connectivity index (χ4v) is 1.68. The summed E-state index contributed by atoms with van der Waals surface area (Å²) >= 11 is 3.34. The van der Waals surface area contributed by atoms with Crippen molar-refractivity contribution in [3.8, 4) is 0 Å². The van der Waals surface area contributed by atoms with Crippen LogP contribution in [0.1, 0.15) is 25.0 Å². The predicted molar refractivity (Wildman–Crippen MR) is 66.7 cm³/mol. The van der Waals surface area contributed by atoms with E-state index in [-0.39, 0.29) is 0 Å². The van der Waals surface area contributed by atoms with Gasteiger partial charge in [0.05, 0.1) is 6.10 Å².